The molecule has 0 spiro atoms. The van der Waals surface area contributed by atoms with Gasteiger partial charge >= 0.3 is 5.97 Å². The molecular weight excluding hydrogens is 190 g/mol. The van der Waals surface area contributed by atoms with Gasteiger partial charge in [0.1, 0.15) is 6.10 Å². The molecule has 1 aliphatic rings. The van der Waals surface area contributed by atoms with Crippen molar-refractivity contribution in [3.8, 4) is 0 Å². The summed E-state index contributed by atoms with van der Waals surface area (Å²) in [6.07, 6.45) is 2.26. The van der Waals surface area contributed by atoms with E-state index in [1.54, 1.807) is 0 Å². The Morgan fingerprint density at radius 3 is 2.80 bits per heavy atom. The highest BCUT2D eigenvalue weighted by Crippen LogP contribution is 2.28. The van der Waals surface area contributed by atoms with Crippen molar-refractivity contribution in [3.05, 3.63) is 0 Å². The first-order valence-corrected chi connectivity index (χ1v) is 5.90. The predicted molar refractivity (Wildman–Crippen MR) is 60.6 cm³/mol. The van der Waals surface area contributed by atoms with Gasteiger partial charge in [-0.1, -0.05) is 20.3 Å². The number of hydrogen-bond acceptors (Lipinski definition) is 3. The molecule has 3 nitrogen and oxygen atoms in total. The summed E-state index contributed by atoms with van der Waals surface area (Å²) in [4.78, 5) is 13.3. The molecule has 1 rings (SSSR count). The van der Waals surface area contributed by atoms with E-state index in [1.807, 2.05) is 0 Å². The maximum Gasteiger partial charge on any atom is 0.302 e. The van der Waals surface area contributed by atoms with Crippen LogP contribution in [0.2, 0.25) is 0 Å². The maximum absolute atomic E-state index is 11.0. The van der Waals surface area contributed by atoms with E-state index in [9.17, 15) is 4.79 Å². The molecule has 1 fully saturated rings. The lowest BCUT2D eigenvalue weighted by atomic mass is 9.83. The van der Waals surface area contributed by atoms with Crippen molar-refractivity contribution >= 4 is 5.97 Å². The normalized spacial score (nSPS) is 29.9. The van der Waals surface area contributed by atoms with Crippen LogP contribution in [0.4, 0.5) is 0 Å². The van der Waals surface area contributed by atoms with Gasteiger partial charge in [0.2, 0.25) is 0 Å². The molecule has 0 amide bonds. The molecular formula is C12H23NO2. The van der Waals surface area contributed by atoms with E-state index < -0.39 is 0 Å². The first-order valence-electron chi connectivity index (χ1n) is 5.90. The van der Waals surface area contributed by atoms with Crippen LogP contribution in [0.15, 0.2) is 0 Å². The molecule has 88 valence electrons. The van der Waals surface area contributed by atoms with Crippen molar-refractivity contribution in [1.29, 1.82) is 0 Å². The van der Waals surface area contributed by atoms with Crippen LogP contribution in [0.1, 0.15) is 33.6 Å². The highest BCUT2D eigenvalue weighted by Gasteiger charge is 2.32. The Morgan fingerprint density at radius 1 is 1.60 bits per heavy atom. The second kappa shape index (κ2) is 5.50. The van der Waals surface area contributed by atoms with Gasteiger partial charge < -0.3 is 9.64 Å². The predicted octanol–water partition coefficient (Wildman–Crippen LogP) is 1.92. The first-order chi connectivity index (χ1) is 7.04. The van der Waals surface area contributed by atoms with Crippen LogP contribution in [0.5, 0.6) is 0 Å². The fourth-order valence-electron chi connectivity index (χ4n) is 2.34. The van der Waals surface area contributed by atoms with Gasteiger partial charge in [0, 0.05) is 25.9 Å². The summed E-state index contributed by atoms with van der Waals surface area (Å²) in [5.74, 6) is 0.979. The fourth-order valence-corrected chi connectivity index (χ4v) is 2.34. The first kappa shape index (κ1) is 12.5. The molecule has 0 N–H and O–H groups in total. The van der Waals surface area contributed by atoms with E-state index in [4.69, 9.17) is 4.74 Å². The smallest absolute Gasteiger partial charge is 0.302 e. The van der Waals surface area contributed by atoms with Crippen molar-refractivity contribution in [2.75, 3.05) is 20.1 Å². The fraction of sp³-hybridized carbons (Fsp3) is 0.917. The Kier molecular flexibility index (Phi) is 4.58. The number of hydrogen-bond donors (Lipinski definition) is 0. The highest BCUT2D eigenvalue weighted by atomic mass is 16.5. The number of ether oxygens (including phenoxy) is 1. The van der Waals surface area contributed by atoms with Crippen molar-refractivity contribution in [2.24, 2.45) is 11.8 Å². The van der Waals surface area contributed by atoms with Gasteiger partial charge in [-0.2, -0.15) is 0 Å². The lowest BCUT2D eigenvalue weighted by Crippen LogP contribution is -2.45. The zero-order valence-electron chi connectivity index (χ0n) is 10.3. The van der Waals surface area contributed by atoms with Crippen molar-refractivity contribution in [1.82, 2.24) is 4.90 Å². The monoisotopic (exact) mass is 213 g/mol. The summed E-state index contributed by atoms with van der Waals surface area (Å²) in [5.41, 5.74) is 0. The van der Waals surface area contributed by atoms with E-state index in [2.05, 4.69) is 25.8 Å². The van der Waals surface area contributed by atoms with Gasteiger partial charge in [0.25, 0.3) is 0 Å². The summed E-state index contributed by atoms with van der Waals surface area (Å²) in [7, 11) is 2.14. The minimum Gasteiger partial charge on any atom is -0.462 e. The van der Waals surface area contributed by atoms with Gasteiger partial charge in [-0.15, -0.1) is 0 Å². The van der Waals surface area contributed by atoms with Gasteiger partial charge in [0.15, 0.2) is 0 Å². The summed E-state index contributed by atoms with van der Waals surface area (Å²) in [6.45, 7) is 8.04. The van der Waals surface area contributed by atoms with Crippen LogP contribution < -0.4 is 0 Å². The Morgan fingerprint density at radius 2 is 2.27 bits per heavy atom. The molecule has 0 saturated carbocycles. The molecule has 1 saturated heterocycles. The third-order valence-corrected chi connectivity index (χ3v) is 3.49. The minimum absolute atomic E-state index is 0.133. The summed E-state index contributed by atoms with van der Waals surface area (Å²) in [5, 5.41) is 0. The van der Waals surface area contributed by atoms with Crippen LogP contribution in [0.25, 0.3) is 0 Å². The third-order valence-electron chi connectivity index (χ3n) is 3.49. The van der Waals surface area contributed by atoms with Gasteiger partial charge in [-0.3, -0.25) is 4.79 Å². The topological polar surface area (TPSA) is 29.5 Å². The Hall–Kier alpha value is -0.570. The van der Waals surface area contributed by atoms with Crippen LogP contribution in [-0.4, -0.2) is 37.1 Å². The molecule has 3 heteroatoms. The molecule has 0 bridgehead atoms. The second-order valence-corrected chi connectivity index (χ2v) is 4.75. The van der Waals surface area contributed by atoms with Crippen molar-refractivity contribution in [2.45, 2.75) is 39.7 Å². The van der Waals surface area contributed by atoms with Crippen LogP contribution in [0.3, 0.4) is 0 Å². The van der Waals surface area contributed by atoms with E-state index >= 15 is 0 Å². The molecule has 0 aliphatic carbocycles. The SMILES string of the molecule is CCC(C)C1CN(C)CCC1OC(C)=O. The molecule has 15 heavy (non-hydrogen) atoms. The summed E-state index contributed by atoms with van der Waals surface area (Å²) >= 11 is 0. The molecule has 0 aromatic heterocycles. The van der Waals surface area contributed by atoms with Crippen LogP contribution >= 0.6 is 0 Å². The molecule has 0 aromatic carbocycles. The standard InChI is InChI=1S/C12H23NO2/c1-5-9(2)11-8-13(4)7-6-12(11)15-10(3)14/h9,11-12H,5-8H2,1-4H3. The molecule has 0 radical (unpaired) electrons. The Labute approximate surface area is 92.8 Å². The Bertz CT molecular complexity index is 218. The quantitative estimate of drug-likeness (QED) is 0.671. The third kappa shape index (κ3) is 3.49. The number of nitrogens with zero attached hydrogens (tertiary/aromatic N) is 1. The van der Waals surface area contributed by atoms with Crippen LogP contribution in [-0.2, 0) is 9.53 Å². The average Bonchev–Trinajstić information content (AvgIpc) is 2.19. The lowest BCUT2D eigenvalue weighted by Gasteiger charge is -2.39. The molecule has 0 aromatic rings. The van der Waals surface area contributed by atoms with Crippen LogP contribution in [0, 0.1) is 11.8 Å². The Balaban J connectivity index is 2.61. The number of likely N-dealkylation sites (tertiary alicyclic amines) is 1. The van der Waals surface area contributed by atoms with Gasteiger partial charge in [0.05, 0.1) is 0 Å². The van der Waals surface area contributed by atoms with Crippen molar-refractivity contribution < 1.29 is 9.53 Å². The van der Waals surface area contributed by atoms with Gasteiger partial charge in [-0.25, -0.2) is 0 Å². The van der Waals surface area contributed by atoms with Crippen molar-refractivity contribution in [3.63, 3.8) is 0 Å². The number of rotatable bonds is 3. The van der Waals surface area contributed by atoms with E-state index in [1.165, 1.54) is 6.92 Å². The lowest BCUT2D eigenvalue weighted by molar-refractivity contribution is -0.153. The van der Waals surface area contributed by atoms with Gasteiger partial charge in [-0.05, 0) is 19.4 Å². The maximum atomic E-state index is 11.0. The average molecular weight is 213 g/mol. The molecule has 3 unspecified atom stereocenters. The number of carbonyl (C=O) groups excluding carboxylic acids is 1. The molecule has 3 atom stereocenters. The number of piperidine rings is 1. The van der Waals surface area contributed by atoms with E-state index in [-0.39, 0.29) is 12.1 Å². The molecule has 1 aliphatic heterocycles. The zero-order valence-corrected chi connectivity index (χ0v) is 10.3. The zero-order chi connectivity index (χ0) is 11.4. The largest absolute Gasteiger partial charge is 0.462 e. The number of carbonyl (C=O) groups is 1. The second-order valence-electron chi connectivity index (χ2n) is 4.75. The summed E-state index contributed by atoms with van der Waals surface area (Å²) in [6, 6.07) is 0. The minimum atomic E-state index is -0.141. The number of esters is 1. The molecule has 1 heterocycles. The van der Waals surface area contributed by atoms with E-state index in [0.29, 0.717) is 11.8 Å². The van der Waals surface area contributed by atoms with E-state index in [0.717, 1.165) is 25.9 Å². The highest BCUT2D eigenvalue weighted by molar-refractivity contribution is 5.66. The summed E-state index contributed by atoms with van der Waals surface area (Å²) < 4.78 is 5.41.